The minimum absolute atomic E-state index is 0.0223. The maximum Gasteiger partial charge on any atom is 0.328 e. The van der Waals surface area contributed by atoms with Crippen LogP contribution in [0, 0.1) is 0 Å². The lowest BCUT2D eigenvalue weighted by Crippen LogP contribution is -2.31. The third kappa shape index (κ3) is 1.49. The zero-order valence-electron chi connectivity index (χ0n) is 6.48. The Morgan fingerprint density at radius 1 is 1.67 bits per heavy atom. The van der Waals surface area contributed by atoms with Gasteiger partial charge in [0, 0.05) is 7.05 Å². The molecular weight excluding hydrogens is 178 g/mol. The number of hydrogen-bond donors (Lipinski definition) is 0. The molecule has 0 unspecified atom stereocenters. The summed E-state index contributed by atoms with van der Waals surface area (Å²) in [5.41, 5.74) is 0. The second kappa shape index (κ2) is 3.42. The lowest BCUT2D eigenvalue weighted by atomic mass is 10.6. The van der Waals surface area contributed by atoms with E-state index in [1.165, 1.54) is 4.90 Å². The molecule has 0 aromatic heterocycles. The van der Waals surface area contributed by atoms with E-state index < -0.39 is 0 Å². The smallest absolute Gasteiger partial charge is 0.318 e. The number of carbonyl (C=O) groups excluding carboxylic acids is 2. The largest absolute Gasteiger partial charge is 0.328 e. The van der Waals surface area contributed by atoms with Gasteiger partial charge in [0.05, 0.1) is 5.16 Å². The van der Waals surface area contributed by atoms with Crippen LogP contribution in [0.1, 0.15) is 0 Å². The fourth-order valence-corrected chi connectivity index (χ4v) is 0.965. The van der Waals surface area contributed by atoms with Crippen molar-refractivity contribution >= 4 is 29.3 Å². The van der Waals surface area contributed by atoms with Gasteiger partial charge in [-0.25, -0.2) is 14.7 Å². The summed E-state index contributed by atoms with van der Waals surface area (Å²) < 4.78 is 0. The van der Waals surface area contributed by atoms with Crippen molar-refractivity contribution in [1.82, 2.24) is 9.80 Å². The number of urea groups is 1. The second-order valence-corrected chi connectivity index (χ2v) is 2.53. The second-order valence-electron chi connectivity index (χ2n) is 2.35. The molecule has 3 amide bonds. The Morgan fingerprint density at radius 3 is 2.75 bits per heavy atom. The average molecular weight is 185 g/mol. The minimum atomic E-state index is -0.339. The number of likely N-dealkylation sites (N-methyl/N-ethyl adjacent to an activating group) is 1. The van der Waals surface area contributed by atoms with Crippen molar-refractivity contribution in [3.8, 4) is 0 Å². The highest BCUT2D eigenvalue weighted by Crippen LogP contribution is 2.06. The highest BCUT2D eigenvalue weighted by atomic mass is 32.1. The lowest BCUT2D eigenvalue weighted by molar-refractivity contribution is -0.125. The molecule has 6 heteroatoms. The van der Waals surface area contributed by atoms with Crippen LogP contribution in [-0.4, -0.2) is 47.2 Å². The predicted octanol–water partition coefficient (Wildman–Crippen LogP) is -0.0593. The topological polar surface area (TPSA) is 53.0 Å². The third-order valence-electron chi connectivity index (χ3n) is 1.51. The van der Waals surface area contributed by atoms with Crippen molar-refractivity contribution < 1.29 is 9.59 Å². The summed E-state index contributed by atoms with van der Waals surface area (Å²) in [4.78, 5) is 28.0. The number of hydrogen-bond acceptors (Lipinski definition) is 4. The quantitative estimate of drug-likeness (QED) is 0.344. The number of aliphatic imine (C=N–C) groups is 1. The van der Waals surface area contributed by atoms with E-state index in [1.807, 2.05) is 0 Å². The standard InChI is InChI=1S/C6H7N3O2S/c1-8-2-5(10)9(6(8)11)3-7-4-12/h2-3H2,1H3. The first-order chi connectivity index (χ1) is 5.66. The monoisotopic (exact) mass is 185 g/mol. The fraction of sp³-hybridized carbons (Fsp3) is 0.500. The van der Waals surface area contributed by atoms with Gasteiger partial charge in [-0.15, -0.1) is 0 Å². The van der Waals surface area contributed by atoms with E-state index in [2.05, 4.69) is 22.4 Å². The Kier molecular flexibility index (Phi) is 2.52. The first-order valence-electron chi connectivity index (χ1n) is 3.26. The molecule has 0 atom stereocenters. The van der Waals surface area contributed by atoms with Gasteiger partial charge in [-0.05, 0) is 12.2 Å². The molecule has 1 aliphatic rings. The summed E-state index contributed by atoms with van der Waals surface area (Å²) in [7, 11) is 1.56. The lowest BCUT2D eigenvalue weighted by Gasteiger charge is -2.09. The summed E-state index contributed by atoms with van der Waals surface area (Å²) in [6, 6.07) is -0.339. The predicted molar refractivity (Wildman–Crippen MR) is 44.8 cm³/mol. The molecule has 5 nitrogen and oxygen atoms in total. The summed E-state index contributed by atoms with van der Waals surface area (Å²) in [6.07, 6.45) is 0. The molecule has 0 bridgehead atoms. The number of isothiocyanates is 1. The number of thiocarbonyl (C=S) groups is 1. The molecule has 1 rings (SSSR count). The molecular formula is C6H7N3O2S. The maximum absolute atomic E-state index is 11.1. The average Bonchev–Trinajstić information content (AvgIpc) is 2.25. The van der Waals surface area contributed by atoms with Crippen molar-refractivity contribution in [1.29, 1.82) is 0 Å². The Balaban J connectivity index is 2.70. The Bertz CT molecular complexity index is 272. The van der Waals surface area contributed by atoms with Crippen LogP contribution in [-0.2, 0) is 4.79 Å². The zero-order valence-corrected chi connectivity index (χ0v) is 7.30. The number of rotatable bonds is 2. The minimum Gasteiger partial charge on any atom is -0.318 e. The van der Waals surface area contributed by atoms with E-state index in [9.17, 15) is 9.59 Å². The molecule has 1 fully saturated rings. The van der Waals surface area contributed by atoms with Crippen LogP contribution in [0.25, 0.3) is 0 Å². The van der Waals surface area contributed by atoms with Gasteiger partial charge in [-0.1, -0.05) is 0 Å². The number of imide groups is 1. The molecule has 1 saturated heterocycles. The molecule has 0 aromatic carbocycles. The molecule has 0 aromatic rings. The van der Waals surface area contributed by atoms with Crippen molar-refractivity contribution in [3.63, 3.8) is 0 Å². The van der Waals surface area contributed by atoms with E-state index in [0.29, 0.717) is 0 Å². The fourth-order valence-electron chi connectivity index (χ4n) is 0.908. The van der Waals surface area contributed by atoms with E-state index >= 15 is 0 Å². The molecule has 0 spiro atoms. The molecule has 0 radical (unpaired) electrons. The number of nitrogens with zero attached hydrogens (tertiary/aromatic N) is 3. The van der Waals surface area contributed by atoms with Gasteiger partial charge < -0.3 is 4.90 Å². The van der Waals surface area contributed by atoms with Crippen LogP contribution in [0.15, 0.2) is 4.99 Å². The Labute approximate surface area is 74.7 Å². The van der Waals surface area contributed by atoms with Gasteiger partial charge in [-0.3, -0.25) is 4.79 Å². The van der Waals surface area contributed by atoms with Crippen molar-refractivity contribution in [2.24, 2.45) is 4.99 Å². The van der Waals surface area contributed by atoms with E-state index in [1.54, 1.807) is 7.05 Å². The Morgan fingerprint density at radius 2 is 2.33 bits per heavy atom. The van der Waals surface area contributed by atoms with Gasteiger partial charge in [0.2, 0.25) is 0 Å². The highest BCUT2D eigenvalue weighted by Gasteiger charge is 2.32. The summed E-state index contributed by atoms with van der Waals surface area (Å²) in [5.74, 6) is -0.253. The van der Waals surface area contributed by atoms with E-state index in [0.717, 1.165) is 4.90 Å². The van der Waals surface area contributed by atoms with Crippen LogP contribution < -0.4 is 0 Å². The molecule has 1 aliphatic heterocycles. The molecule has 0 saturated carbocycles. The van der Waals surface area contributed by atoms with Crippen LogP contribution >= 0.6 is 12.2 Å². The molecule has 12 heavy (non-hydrogen) atoms. The number of amides is 3. The van der Waals surface area contributed by atoms with Gasteiger partial charge in [0.1, 0.15) is 13.2 Å². The van der Waals surface area contributed by atoms with E-state index in [-0.39, 0.29) is 25.2 Å². The zero-order chi connectivity index (χ0) is 9.14. The van der Waals surface area contributed by atoms with Gasteiger partial charge in [0.25, 0.3) is 5.91 Å². The molecule has 0 aliphatic carbocycles. The van der Waals surface area contributed by atoms with Crippen molar-refractivity contribution in [3.05, 3.63) is 0 Å². The van der Waals surface area contributed by atoms with Crippen LogP contribution in [0.3, 0.4) is 0 Å². The van der Waals surface area contributed by atoms with Crippen LogP contribution in [0.2, 0.25) is 0 Å². The van der Waals surface area contributed by atoms with Crippen molar-refractivity contribution in [2.45, 2.75) is 0 Å². The first-order valence-corrected chi connectivity index (χ1v) is 3.66. The Hall–Kier alpha value is -1.26. The summed E-state index contributed by atoms with van der Waals surface area (Å²) in [5, 5.41) is 2.09. The van der Waals surface area contributed by atoms with Gasteiger partial charge in [0.15, 0.2) is 0 Å². The maximum atomic E-state index is 11.1. The molecule has 0 N–H and O–H groups in total. The highest BCUT2D eigenvalue weighted by molar-refractivity contribution is 7.78. The normalized spacial score (nSPS) is 16.8. The van der Waals surface area contributed by atoms with Crippen LogP contribution in [0.4, 0.5) is 4.79 Å². The molecule has 1 heterocycles. The van der Waals surface area contributed by atoms with Gasteiger partial charge >= 0.3 is 6.03 Å². The third-order valence-corrected chi connectivity index (χ3v) is 1.64. The summed E-state index contributed by atoms with van der Waals surface area (Å²) >= 11 is 4.31. The number of carbonyl (C=O) groups is 2. The summed E-state index contributed by atoms with van der Waals surface area (Å²) in [6.45, 7) is 0.0945. The van der Waals surface area contributed by atoms with E-state index in [4.69, 9.17) is 0 Å². The van der Waals surface area contributed by atoms with Gasteiger partial charge in [-0.2, -0.15) is 0 Å². The van der Waals surface area contributed by atoms with Crippen LogP contribution in [0.5, 0.6) is 0 Å². The molecule has 64 valence electrons. The first kappa shape index (κ1) is 8.83. The SMILES string of the molecule is CN1CC(=O)N(CN=C=S)C1=O. The van der Waals surface area contributed by atoms with Crippen molar-refractivity contribution in [2.75, 3.05) is 20.3 Å².